The molecule has 2 N–H and O–H groups in total. The highest BCUT2D eigenvalue weighted by molar-refractivity contribution is 4.87. The fourth-order valence-corrected chi connectivity index (χ4v) is 2.28. The van der Waals surface area contributed by atoms with E-state index in [4.69, 9.17) is 5.73 Å². The monoisotopic (exact) mass is 193 g/mol. The Morgan fingerprint density at radius 1 is 1.29 bits per heavy atom. The number of nitrogens with two attached hydrogens (primary N) is 1. The Balaban J connectivity index is 1.84. The summed E-state index contributed by atoms with van der Waals surface area (Å²) in [6, 6.07) is 1.96. The molecule has 1 aliphatic carbocycles. The van der Waals surface area contributed by atoms with Crippen molar-refractivity contribution in [1.82, 2.24) is 9.78 Å². The topological polar surface area (TPSA) is 43.8 Å². The SMILES string of the molecule is NC1(CCn2cccn2)CCCCC1. The summed E-state index contributed by atoms with van der Waals surface area (Å²) < 4.78 is 1.98. The van der Waals surface area contributed by atoms with Crippen molar-refractivity contribution in [2.75, 3.05) is 0 Å². The molecule has 1 aromatic heterocycles. The van der Waals surface area contributed by atoms with Crippen molar-refractivity contribution in [2.24, 2.45) is 5.73 Å². The largest absolute Gasteiger partial charge is 0.325 e. The van der Waals surface area contributed by atoms with Gasteiger partial charge in [-0.25, -0.2) is 0 Å². The lowest BCUT2D eigenvalue weighted by molar-refractivity contribution is 0.262. The molecule has 1 fully saturated rings. The molecule has 78 valence electrons. The van der Waals surface area contributed by atoms with E-state index in [0.717, 1.165) is 13.0 Å². The zero-order chi connectivity index (χ0) is 9.86. The number of aromatic nitrogens is 2. The number of hydrogen-bond acceptors (Lipinski definition) is 2. The van der Waals surface area contributed by atoms with Crippen molar-refractivity contribution in [2.45, 2.75) is 50.6 Å². The lowest BCUT2D eigenvalue weighted by Crippen LogP contribution is -2.42. The second kappa shape index (κ2) is 4.13. The number of aryl methyl sites for hydroxylation is 1. The Kier molecular flexibility index (Phi) is 2.87. The highest BCUT2D eigenvalue weighted by atomic mass is 15.3. The van der Waals surface area contributed by atoms with E-state index in [0.29, 0.717) is 0 Å². The molecule has 0 saturated heterocycles. The summed E-state index contributed by atoms with van der Waals surface area (Å²) in [5.74, 6) is 0. The van der Waals surface area contributed by atoms with Crippen LogP contribution in [0, 0.1) is 0 Å². The van der Waals surface area contributed by atoms with Crippen LogP contribution in [-0.4, -0.2) is 15.3 Å². The summed E-state index contributed by atoms with van der Waals surface area (Å²) in [6.45, 7) is 0.962. The summed E-state index contributed by atoms with van der Waals surface area (Å²) >= 11 is 0. The molecule has 0 aliphatic heterocycles. The predicted octanol–water partition coefficient (Wildman–Crippen LogP) is 1.93. The first-order valence-electron chi connectivity index (χ1n) is 5.55. The summed E-state index contributed by atoms with van der Waals surface area (Å²) in [7, 11) is 0. The quantitative estimate of drug-likeness (QED) is 0.797. The molecule has 0 unspecified atom stereocenters. The molecule has 1 saturated carbocycles. The van der Waals surface area contributed by atoms with Crippen molar-refractivity contribution in [1.29, 1.82) is 0 Å². The molecule has 3 nitrogen and oxygen atoms in total. The van der Waals surface area contributed by atoms with Crippen molar-refractivity contribution in [3.05, 3.63) is 18.5 Å². The van der Waals surface area contributed by atoms with Crippen LogP contribution in [0.25, 0.3) is 0 Å². The van der Waals surface area contributed by atoms with E-state index < -0.39 is 0 Å². The Morgan fingerprint density at radius 2 is 2.07 bits per heavy atom. The van der Waals surface area contributed by atoms with Gasteiger partial charge in [-0.1, -0.05) is 19.3 Å². The van der Waals surface area contributed by atoms with Gasteiger partial charge < -0.3 is 5.73 Å². The minimum Gasteiger partial charge on any atom is -0.325 e. The molecule has 2 rings (SSSR count). The van der Waals surface area contributed by atoms with Gasteiger partial charge in [-0.2, -0.15) is 5.10 Å². The maximum absolute atomic E-state index is 6.33. The molecule has 1 aliphatic rings. The van der Waals surface area contributed by atoms with E-state index in [9.17, 15) is 0 Å². The Hall–Kier alpha value is -0.830. The first kappa shape index (κ1) is 9.71. The number of rotatable bonds is 3. The zero-order valence-corrected chi connectivity index (χ0v) is 8.65. The van der Waals surface area contributed by atoms with Crippen molar-refractivity contribution in [3.8, 4) is 0 Å². The lowest BCUT2D eigenvalue weighted by Gasteiger charge is -2.33. The third-order valence-electron chi connectivity index (χ3n) is 3.25. The van der Waals surface area contributed by atoms with Crippen LogP contribution >= 0.6 is 0 Å². The van der Waals surface area contributed by atoms with Gasteiger partial charge in [-0.15, -0.1) is 0 Å². The molecular weight excluding hydrogens is 174 g/mol. The zero-order valence-electron chi connectivity index (χ0n) is 8.65. The summed E-state index contributed by atoms with van der Waals surface area (Å²) in [4.78, 5) is 0. The molecule has 0 aromatic carbocycles. The maximum Gasteiger partial charge on any atom is 0.0489 e. The van der Waals surface area contributed by atoms with E-state index in [-0.39, 0.29) is 5.54 Å². The Morgan fingerprint density at radius 3 is 2.71 bits per heavy atom. The molecule has 1 aromatic rings. The van der Waals surface area contributed by atoms with Crippen LogP contribution < -0.4 is 5.73 Å². The second-order valence-corrected chi connectivity index (χ2v) is 4.44. The van der Waals surface area contributed by atoms with E-state index in [1.165, 1.54) is 32.1 Å². The molecule has 0 spiro atoms. The van der Waals surface area contributed by atoms with Crippen LogP contribution in [0.3, 0.4) is 0 Å². The highest BCUT2D eigenvalue weighted by Gasteiger charge is 2.26. The molecule has 0 bridgehead atoms. The van der Waals surface area contributed by atoms with Gasteiger partial charge in [0.15, 0.2) is 0 Å². The van der Waals surface area contributed by atoms with Crippen molar-refractivity contribution >= 4 is 0 Å². The van der Waals surface area contributed by atoms with Crippen LogP contribution in [0.5, 0.6) is 0 Å². The minimum absolute atomic E-state index is 0.0875. The van der Waals surface area contributed by atoms with Crippen LogP contribution in [0.1, 0.15) is 38.5 Å². The molecule has 3 heteroatoms. The third kappa shape index (κ3) is 2.35. The molecule has 0 amide bonds. The summed E-state index contributed by atoms with van der Waals surface area (Å²) in [6.07, 6.45) is 11.2. The molecule has 14 heavy (non-hydrogen) atoms. The smallest absolute Gasteiger partial charge is 0.0489 e. The van der Waals surface area contributed by atoms with Gasteiger partial charge in [0.1, 0.15) is 0 Å². The van der Waals surface area contributed by atoms with Crippen LogP contribution in [0.4, 0.5) is 0 Å². The standard InChI is InChI=1S/C11H19N3/c12-11(5-2-1-3-6-11)7-10-14-9-4-8-13-14/h4,8-9H,1-3,5-7,10,12H2. The van der Waals surface area contributed by atoms with Crippen LogP contribution in [0.2, 0.25) is 0 Å². The van der Waals surface area contributed by atoms with Crippen LogP contribution in [-0.2, 0) is 6.54 Å². The van der Waals surface area contributed by atoms with E-state index in [1.807, 2.05) is 23.1 Å². The Labute approximate surface area is 85.3 Å². The summed E-state index contributed by atoms with van der Waals surface area (Å²) in [5, 5.41) is 4.19. The summed E-state index contributed by atoms with van der Waals surface area (Å²) in [5.41, 5.74) is 6.42. The predicted molar refractivity (Wildman–Crippen MR) is 56.8 cm³/mol. The fourth-order valence-electron chi connectivity index (χ4n) is 2.28. The first-order valence-corrected chi connectivity index (χ1v) is 5.55. The maximum atomic E-state index is 6.33. The van der Waals surface area contributed by atoms with Gasteiger partial charge in [0, 0.05) is 24.5 Å². The van der Waals surface area contributed by atoms with Gasteiger partial charge >= 0.3 is 0 Å². The van der Waals surface area contributed by atoms with E-state index >= 15 is 0 Å². The Bertz CT molecular complexity index is 260. The van der Waals surface area contributed by atoms with Crippen molar-refractivity contribution in [3.63, 3.8) is 0 Å². The van der Waals surface area contributed by atoms with Crippen molar-refractivity contribution < 1.29 is 0 Å². The third-order valence-corrected chi connectivity index (χ3v) is 3.25. The lowest BCUT2D eigenvalue weighted by atomic mass is 9.80. The fraction of sp³-hybridized carbons (Fsp3) is 0.727. The highest BCUT2D eigenvalue weighted by Crippen LogP contribution is 2.28. The normalized spacial score (nSPS) is 20.9. The van der Waals surface area contributed by atoms with E-state index in [2.05, 4.69) is 5.10 Å². The van der Waals surface area contributed by atoms with Gasteiger partial charge in [0.05, 0.1) is 0 Å². The van der Waals surface area contributed by atoms with E-state index in [1.54, 1.807) is 0 Å². The molecule has 0 atom stereocenters. The first-order chi connectivity index (χ1) is 6.79. The minimum atomic E-state index is 0.0875. The van der Waals surface area contributed by atoms with Gasteiger partial charge in [-0.3, -0.25) is 4.68 Å². The second-order valence-electron chi connectivity index (χ2n) is 4.44. The molecular formula is C11H19N3. The van der Waals surface area contributed by atoms with Gasteiger partial charge in [0.2, 0.25) is 0 Å². The average Bonchev–Trinajstić information content (AvgIpc) is 2.69. The van der Waals surface area contributed by atoms with Gasteiger partial charge in [0.25, 0.3) is 0 Å². The van der Waals surface area contributed by atoms with Gasteiger partial charge in [-0.05, 0) is 25.3 Å². The molecule has 1 heterocycles. The average molecular weight is 193 g/mol. The number of nitrogens with zero attached hydrogens (tertiary/aromatic N) is 2. The van der Waals surface area contributed by atoms with Crippen LogP contribution in [0.15, 0.2) is 18.5 Å². The number of hydrogen-bond donors (Lipinski definition) is 1. The molecule has 0 radical (unpaired) electrons.